The first-order chi connectivity index (χ1) is 14.0. The van der Waals surface area contributed by atoms with Gasteiger partial charge in [0.15, 0.2) is 5.69 Å². The largest absolute Gasteiger partial charge is 0.348 e. The molecule has 29 heavy (non-hydrogen) atoms. The lowest BCUT2D eigenvalue weighted by Gasteiger charge is -2.31. The van der Waals surface area contributed by atoms with Crippen molar-refractivity contribution >= 4 is 22.6 Å². The van der Waals surface area contributed by atoms with E-state index in [0.717, 1.165) is 0 Å². The number of para-hydroxylation sites is 1. The maximum absolute atomic E-state index is 13.1. The van der Waals surface area contributed by atoms with Gasteiger partial charge in [0.25, 0.3) is 11.5 Å². The topological polar surface area (TPSA) is 84.3 Å². The van der Waals surface area contributed by atoms with E-state index in [1.54, 1.807) is 48.2 Å². The molecule has 2 heterocycles. The van der Waals surface area contributed by atoms with Gasteiger partial charge in [-0.25, -0.2) is 0 Å². The molecule has 148 valence electrons. The maximum Gasteiger partial charge on any atom is 0.279 e. The zero-order valence-corrected chi connectivity index (χ0v) is 16.2. The zero-order valence-electron chi connectivity index (χ0n) is 16.2. The minimum atomic E-state index is -0.313. The van der Waals surface area contributed by atoms with Gasteiger partial charge < -0.3 is 10.2 Å². The van der Waals surface area contributed by atoms with Crippen molar-refractivity contribution in [3.63, 3.8) is 0 Å². The van der Waals surface area contributed by atoms with E-state index in [2.05, 4.69) is 10.4 Å². The summed E-state index contributed by atoms with van der Waals surface area (Å²) >= 11 is 0. The van der Waals surface area contributed by atoms with Gasteiger partial charge in [0.05, 0.1) is 11.1 Å². The zero-order chi connectivity index (χ0) is 20.4. The number of likely N-dealkylation sites (tertiary alicyclic amines) is 1. The van der Waals surface area contributed by atoms with Crippen molar-refractivity contribution in [1.29, 1.82) is 0 Å². The Morgan fingerprint density at radius 3 is 2.24 bits per heavy atom. The summed E-state index contributed by atoms with van der Waals surface area (Å²) in [6.45, 7) is 2.80. The van der Waals surface area contributed by atoms with Crippen molar-refractivity contribution in [3.8, 4) is 5.69 Å². The van der Waals surface area contributed by atoms with E-state index in [4.69, 9.17) is 0 Å². The highest BCUT2D eigenvalue weighted by atomic mass is 16.2. The number of nitrogens with one attached hydrogen (secondary N) is 1. The van der Waals surface area contributed by atoms with Crippen LogP contribution in [0.5, 0.6) is 0 Å². The molecule has 1 aliphatic heterocycles. The second-order valence-corrected chi connectivity index (χ2v) is 7.20. The van der Waals surface area contributed by atoms with Gasteiger partial charge in [-0.1, -0.05) is 36.4 Å². The number of aromatic nitrogens is 2. The van der Waals surface area contributed by atoms with Crippen LogP contribution in [0.25, 0.3) is 16.5 Å². The molecule has 1 saturated heterocycles. The molecule has 0 unspecified atom stereocenters. The third kappa shape index (κ3) is 3.76. The van der Waals surface area contributed by atoms with Crippen LogP contribution in [-0.2, 0) is 4.79 Å². The average Bonchev–Trinajstić information content (AvgIpc) is 2.75. The van der Waals surface area contributed by atoms with Crippen molar-refractivity contribution in [1.82, 2.24) is 20.0 Å². The van der Waals surface area contributed by atoms with Gasteiger partial charge in [-0.2, -0.15) is 9.78 Å². The Labute approximate surface area is 167 Å². The Balaban J connectivity index is 1.68. The number of hydrogen-bond acceptors (Lipinski definition) is 4. The van der Waals surface area contributed by atoms with Gasteiger partial charge >= 0.3 is 0 Å². The lowest BCUT2D eigenvalue weighted by Crippen LogP contribution is -2.46. The monoisotopic (exact) mass is 390 g/mol. The molecule has 1 fully saturated rings. The number of carbonyl (C=O) groups excluding carboxylic acids is 2. The summed E-state index contributed by atoms with van der Waals surface area (Å²) in [5.41, 5.74) is 0.559. The van der Waals surface area contributed by atoms with Crippen LogP contribution in [-0.4, -0.2) is 45.6 Å². The van der Waals surface area contributed by atoms with Crippen LogP contribution in [0.3, 0.4) is 0 Å². The number of carbonyl (C=O) groups is 2. The summed E-state index contributed by atoms with van der Waals surface area (Å²) in [5.74, 6) is -0.260. The molecule has 0 aliphatic carbocycles. The first-order valence-corrected chi connectivity index (χ1v) is 9.68. The molecular formula is C22H22N4O3. The molecule has 0 saturated carbocycles. The van der Waals surface area contributed by atoms with Crippen molar-refractivity contribution < 1.29 is 9.59 Å². The SMILES string of the molecule is CC(=O)N1CCC(NC(=O)c2nn(-c3ccccc3)c(=O)c3ccccc23)CC1. The molecule has 2 amide bonds. The molecule has 2 aromatic carbocycles. The molecule has 7 heteroatoms. The molecule has 7 nitrogen and oxygen atoms in total. The standard InChI is InChI=1S/C22H22N4O3/c1-15(27)25-13-11-16(12-14-25)23-21(28)20-18-9-5-6-10-19(18)22(29)26(24-20)17-7-3-2-4-8-17/h2-10,16H,11-14H2,1H3,(H,23,28). The molecule has 1 aromatic heterocycles. The number of hydrogen-bond donors (Lipinski definition) is 1. The maximum atomic E-state index is 13.1. The predicted octanol–water partition coefficient (Wildman–Crippen LogP) is 2.13. The highest BCUT2D eigenvalue weighted by Crippen LogP contribution is 2.17. The van der Waals surface area contributed by atoms with Gasteiger partial charge in [-0.3, -0.25) is 14.4 Å². The van der Waals surface area contributed by atoms with Crippen LogP contribution in [0.2, 0.25) is 0 Å². The van der Waals surface area contributed by atoms with Crippen LogP contribution in [0.1, 0.15) is 30.3 Å². The summed E-state index contributed by atoms with van der Waals surface area (Å²) < 4.78 is 1.27. The van der Waals surface area contributed by atoms with Gasteiger partial charge in [0.1, 0.15) is 0 Å². The van der Waals surface area contributed by atoms with Crippen molar-refractivity contribution in [2.24, 2.45) is 0 Å². The van der Waals surface area contributed by atoms with E-state index in [-0.39, 0.29) is 29.1 Å². The number of fused-ring (bicyclic) bond motifs is 1. The first-order valence-electron chi connectivity index (χ1n) is 9.68. The molecule has 0 bridgehead atoms. The van der Waals surface area contributed by atoms with Crippen LogP contribution < -0.4 is 10.9 Å². The number of piperidine rings is 1. The molecule has 3 aromatic rings. The van der Waals surface area contributed by atoms with Crippen LogP contribution in [0, 0.1) is 0 Å². The summed E-state index contributed by atoms with van der Waals surface area (Å²) in [4.78, 5) is 39.3. The summed E-state index contributed by atoms with van der Waals surface area (Å²) in [7, 11) is 0. The summed E-state index contributed by atoms with van der Waals surface area (Å²) in [5, 5.41) is 8.42. The predicted molar refractivity (Wildman–Crippen MR) is 110 cm³/mol. The van der Waals surface area contributed by atoms with Gasteiger partial charge in [0.2, 0.25) is 5.91 Å². The van der Waals surface area contributed by atoms with Gasteiger partial charge in [0, 0.05) is 31.4 Å². The molecule has 0 spiro atoms. The quantitative estimate of drug-likeness (QED) is 0.743. The normalized spacial score (nSPS) is 14.7. The number of amides is 2. The Morgan fingerprint density at radius 1 is 0.966 bits per heavy atom. The minimum absolute atomic E-state index is 0.0317. The van der Waals surface area contributed by atoms with Crippen LogP contribution in [0.4, 0.5) is 0 Å². The Kier molecular flexibility index (Phi) is 5.12. The van der Waals surface area contributed by atoms with E-state index in [1.165, 1.54) is 4.68 Å². The Hall–Kier alpha value is -3.48. The van der Waals surface area contributed by atoms with E-state index in [0.29, 0.717) is 42.4 Å². The molecule has 0 radical (unpaired) electrons. The molecule has 1 N–H and O–H groups in total. The van der Waals surface area contributed by atoms with Crippen molar-refractivity contribution in [2.75, 3.05) is 13.1 Å². The number of nitrogens with zero attached hydrogens (tertiary/aromatic N) is 3. The minimum Gasteiger partial charge on any atom is -0.348 e. The fourth-order valence-corrected chi connectivity index (χ4v) is 3.69. The van der Waals surface area contributed by atoms with Crippen molar-refractivity contribution in [3.05, 3.63) is 70.6 Å². The molecule has 1 aliphatic rings. The lowest BCUT2D eigenvalue weighted by atomic mass is 10.0. The molecule has 0 atom stereocenters. The number of benzene rings is 2. The third-order valence-corrected chi connectivity index (χ3v) is 5.30. The summed E-state index contributed by atoms with van der Waals surface area (Å²) in [6, 6.07) is 16.0. The van der Waals surface area contributed by atoms with Crippen LogP contribution in [0.15, 0.2) is 59.4 Å². The number of rotatable bonds is 3. The van der Waals surface area contributed by atoms with Gasteiger partial charge in [-0.15, -0.1) is 0 Å². The molecule has 4 rings (SSSR count). The lowest BCUT2D eigenvalue weighted by molar-refractivity contribution is -0.129. The second kappa shape index (κ2) is 7.87. The third-order valence-electron chi connectivity index (χ3n) is 5.30. The second-order valence-electron chi connectivity index (χ2n) is 7.20. The fourth-order valence-electron chi connectivity index (χ4n) is 3.69. The average molecular weight is 390 g/mol. The Bertz CT molecular complexity index is 1120. The first kappa shape index (κ1) is 18.9. The highest BCUT2D eigenvalue weighted by molar-refractivity contribution is 6.05. The van der Waals surface area contributed by atoms with Gasteiger partial charge in [-0.05, 0) is 31.0 Å². The van der Waals surface area contributed by atoms with E-state index >= 15 is 0 Å². The fraction of sp³-hybridized carbons (Fsp3) is 0.273. The highest BCUT2D eigenvalue weighted by Gasteiger charge is 2.24. The van der Waals surface area contributed by atoms with E-state index in [1.807, 2.05) is 18.2 Å². The van der Waals surface area contributed by atoms with E-state index < -0.39 is 0 Å². The Morgan fingerprint density at radius 2 is 1.59 bits per heavy atom. The smallest absolute Gasteiger partial charge is 0.279 e. The summed E-state index contributed by atoms with van der Waals surface area (Å²) in [6.07, 6.45) is 1.39. The van der Waals surface area contributed by atoms with E-state index in [9.17, 15) is 14.4 Å². The van der Waals surface area contributed by atoms with Crippen LogP contribution >= 0.6 is 0 Å². The van der Waals surface area contributed by atoms with Crippen molar-refractivity contribution in [2.45, 2.75) is 25.8 Å². The molecular weight excluding hydrogens is 368 g/mol.